The minimum absolute atomic E-state index is 0.0710. The van der Waals surface area contributed by atoms with Crippen molar-refractivity contribution in [3.8, 4) is 0 Å². The maximum absolute atomic E-state index is 11.0. The van der Waals surface area contributed by atoms with E-state index in [1.807, 2.05) is 0 Å². The van der Waals surface area contributed by atoms with E-state index in [0.29, 0.717) is 6.61 Å². The predicted octanol–water partition coefficient (Wildman–Crippen LogP) is 3.64. The topological polar surface area (TPSA) is 78.9 Å². The highest BCUT2D eigenvalue weighted by Gasteiger charge is 2.50. The van der Waals surface area contributed by atoms with Crippen molar-refractivity contribution in [1.29, 1.82) is 0 Å². The van der Waals surface area contributed by atoms with Crippen LogP contribution in [0.15, 0.2) is 0 Å². The fourth-order valence-electron chi connectivity index (χ4n) is 2.57. The van der Waals surface area contributed by atoms with Crippen molar-refractivity contribution in [3.63, 3.8) is 0 Å². The van der Waals surface area contributed by atoms with E-state index in [9.17, 15) is 4.79 Å². The van der Waals surface area contributed by atoms with Crippen LogP contribution in [0.25, 0.3) is 0 Å². The molecular weight excluding hydrogens is 323 g/mol. The second kappa shape index (κ2) is 10.1. The number of carbonyl (C=O) groups is 1. The first-order chi connectivity index (χ1) is 11.4. The molecule has 0 aromatic heterocycles. The molecule has 1 heterocycles. The van der Waals surface area contributed by atoms with Crippen LogP contribution in [-0.4, -0.2) is 37.0 Å². The van der Waals surface area contributed by atoms with Crippen LogP contribution in [0, 0.1) is 5.41 Å². The lowest BCUT2D eigenvalue weighted by molar-refractivity contribution is -0.191. The van der Waals surface area contributed by atoms with Crippen molar-refractivity contribution in [2.24, 2.45) is 5.41 Å². The lowest BCUT2D eigenvalue weighted by atomic mass is 9.78. The second-order valence-electron chi connectivity index (χ2n) is 7.96. The van der Waals surface area contributed by atoms with E-state index in [4.69, 9.17) is 23.6 Å². The van der Waals surface area contributed by atoms with Crippen LogP contribution in [0.2, 0.25) is 6.32 Å². The van der Waals surface area contributed by atoms with Crippen molar-refractivity contribution in [1.82, 2.24) is 0 Å². The van der Waals surface area contributed by atoms with E-state index in [1.54, 1.807) is 0 Å². The van der Waals surface area contributed by atoms with Gasteiger partial charge in [0, 0.05) is 12.3 Å². The molecule has 0 bridgehead atoms. The van der Waals surface area contributed by atoms with Gasteiger partial charge in [-0.15, -0.1) is 0 Å². The maximum atomic E-state index is 11.0. The summed E-state index contributed by atoms with van der Waals surface area (Å²) in [5, 5.41) is 0. The second-order valence-corrected chi connectivity index (χ2v) is 7.96. The number of hydrogen-bond donors (Lipinski definition) is 0. The lowest BCUT2D eigenvalue weighted by Crippen LogP contribution is -2.41. The monoisotopic (exact) mass is 356 g/mol. The molecular formula is C18H33BO6. The molecule has 1 saturated heterocycles. The highest BCUT2D eigenvalue weighted by Crippen LogP contribution is 2.38. The summed E-state index contributed by atoms with van der Waals surface area (Å²) in [6.07, 6.45) is 5.38. The molecule has 1 fully saturated rings. The third-order valence-corrected chi connectivity index (χ3v) is 5.25. The zero-order valence-corrected chi connectivity index (χ0v) is 16.8. The maximum Gasteiger partial charge on any atom is 0.457 e. The zero-order chi connectivity index (χ0) is 19.7. The normalized spacial score (nSPS) is 20.0. The van der Waals surface area contributed by atoms with Crippen molar-refractivity contribution >= 4 is 19.2 Å². The van der Waals surface area contributed by atoms with E-state index in [1.165, 1.54) is 6.92 Å². The number of unbranched alkanes of at least 4 members (excludes halogenated alkanes) is 1. The van der Waals surface area contributed by atoms with Crippen LogP contribution in [0.5, 0.6) is 0 Å². The number of esters is 1. The van der Waals surface area contributed by atoms with Gasteiger partial charge >= 0.3 is 19.2 Å². The standard InChI is InChI=1S/C17H33BO4.CO2/c1-8-17(7,13-20-14(2)19)11-9-10-12-18-21-15(3,4)16(5,6)22-18;2-1-3/h8-13H2,1-7H3;. The summed E-state index contributed by atoms with van der Waals surface area (Å²) in [6.45, 7) is 14.6. The first-order valence-corrected chi connectivity index (χ1v) is 8.91. The molecule has 0 amide bonds. The Bertz CT molecular complexity index is 440. The summed E-state index contributed by atoms with van der Waals surface area (Å²) in [5.41, 5.74) is -0.419. The van der Waals surface area contributed by atoms with Gasteiger partial charge in [-0.05, 0) is 46.9 Å². The first-order valence-electron chi connectivity index (χ1n) is 8.91. The van der Waals surface area contributed by atoms with Crippen LogP contribution >= 0.6 is 0 Å². The van der Waals surface area contributed by atoms with Crippen molar-refractivity contribution in [2.75, 3.05) is 6.61 Å². The summed E-state index contributed by atoms with van der Waals surface area (Å²) in [4.78, 5) is 27.2. The van der Waals surface area contributed by atoms with Crippen LogP contribution in [0.3, 0.4) is 0 Å². The molecule has 0 N–H and O–H groups in total. The molecule has 1 unspecified atom stereocenters. The molecule has 1 rings (SSSR count). The molecule has 0 saturated carbocycles. The average molecular weight is 356 g/mol. The molecule has 1 aliphatic rings. The van der Waals surface area contributed by atoms with Gasteiger partial charge in [0.1, 0.15) is 0 Å². The van der Waals surface area contributed by atoms with E-state index >= 15 is 0 Å². The highest BCUT2D eigenvalue weighted by molar-refractivity contribution is 6.45. The van der Waals surface area contributed by atoms with E-state index < -0.39 is 0 Å². The van der Waals surface area contributed by atoms with Crippen molar-refractivity contribution < 1.29 is 28.4 Å². The summed E-state index contributed by atoms with van der Waals surface area (Å²) in [5.74, 6) is -0.197. The lowest BCUT2D eigenvalue weighted by Gasteiger charge is -2.32. The summed E-state index contributed by atoms with van der Waals surface area (Å²) in [6, 6.07) is 0. The number of rotatable bonds is 8. The molecule has 1 atom stereocenters. The first kappa shape index (κ1) is 23.8. The van der Waals surface area contributed by atoms with Gasteiger partial charge in [-0.25, -0.2) is 0 Å². The fourth-order valence-corrected chi connectivity index (χ4v) is 2.57. The molecule has 0 spiro atoms. The Balaban J connectivity index is 0.00000178. The van der Waals surface area contributed by atoms with Gasteiger partial charge in [0.2, 0.25) is 0 Å². The van der Waals surface area contributed by atoms with Crippen molar-refractivity contribution in [3.05, 3.63) is 0 Å². The Morgan fingerprint density at radius 1 is 1.12 bits per heavy atom. The molecule has 25 heavy (non-hydrogen) atoms. The molecule has 6 nitrogen and oxygen atoms in total. The van der Waals surface area contributed by atoms with Gasteiger partial charge in [-0.2, -0.15) is 9.59 Å². The Hall–Kier alpha value is -1.17. The largest absolute Gasteiger partial charge is 0.465 e. The molecule has 0 radical (unpaired) electrons. The molecule has 0 aromatic rings. The highest BCUT2D eigenvalue weighted by atomic mass is 16.7. The SMILES string of the molecule is CCC(C)(CCCCB1OC(C)(C)C(C)(C)O1)COC(C)=O.O=C=O. The Morgan fingerprint density at radius 3 is 2.00 bits per heavy atom. The number of ether oxygens (including phenoxy) is 1. The van der Waals surface area contributed by atoms with E-state index in [0.717, 1.165) is 32.0 Å². The molecule has 1 aliphatic heterocycles. The Kier molecular flexibility index (Phi) is 9.63. The van der Waals surface area contributed by atoms with E-state index in [-0.39, 0.29) is 35.9 Å². The summed E-state index contributed by atoms with van der Waals surface area (Å²) in [7, 11) is -0.105. The van der Waals surface area contributed by atoms with Gasteiger partial charge in [0.25, 0.3) is 0 Å². The van der Waals surface area contributed by atoms with Gasteiger partial charge in [-0.3, -0.25) is 4.79 Å². The zero-order valence-electron chi connectivity index (χ0n) is 16.8. The van der Waals surface area contributed by atoms with Gasteiger partial charge in [0.15, 0.2) is 0 Å². The smallest absolute Gasteiger partial charge is 0.457 e. The van der Waals surface area contributed by atoms with Gasteiger partial charge in [0.05, 0.1) is 17.8 Å². The van der Waals surface area contributed by atoms with E-state index in [2.05, 4.69) is 41.5 Å². The number of carbonyl (C=O) groups excluding carboxylic acids is 3. The molecule has 7 heteroatoms. The Morgan fingerprint density at radius 2 is 1.60 bits per heavy atom. The van der Waals surface area contributed by atoms with Crippen molar-refractivity contribution in [2.45, 2.75) is 91.7 Å². The Labute approximate surface area is 152 Å². The number of hydrogen-bond acceptors (Lipinski definition) is 6. The van der Waals surface area contributed by atoms with Crippen LogP contribution in [0.1, 0.15) is 74.1 Å². The average Bonchev–Trinajstić information content (AvgIpc) is 2.70. The van der Waals surface area contributed by atoms with Crippen LogP contribution in [-0.2, 0) is 28.4 Å². The summed E-state index contributed by atoms with van der Waals surface area (Å²) >= 11 is 0. The quantitative estimate of drug-likeness (QED) is 0.375. The van der Waals surface area contributed by atoms with Crippen LogP contribution < -0.4 is 0 Å². The molecule has 0 aliphatic carbocycles. The minimum Gasteiger partial charge on any atom is -0.465 e. The van der Waals surface area contributed by atoms with Gasteiger partial charge < -0.3 is 14.0 Å². The van der Waals surface area contributed by atoms with Crippen LogP contribution in [0.4, 0.5) is 0 Å². The van der Waals surface area contributed by atoms with Gasteiger partial charge in [-0.1, -0.05) is 26.7 Å². The predicted molar refractivity (Wildman–Crippen MR) is 94.8 cm³/mol. The summed E-state index contributed by atoms with van der Waals surface area (Å²) < 4.78 is 17.2. The fraction of sp³-hybridized carbons (Fsp3) is 0.889. The third-order valence-electron chi connectivity index (χ3n) is 5.25. The molecule has 0 aromatic carbocycles. The molecule has 144 valence electrons. The minimum atomic E-state index is -0.245. The third kappa shape index (κ3) is 8.17.